The number of rotatable bonds is 7. The van der Waals surface area contributed by atoms with Gasteiger partial charge in [0, 0.05) is 6.54 Å². The first-order valence-electron chi connectivity index (χ1n) is 5.72. The third-order valence-electron chi connectivity index (χ3n) is 2.33. The molecule has 19 heavy (non-hydrogen) atoms. The molecule has 6 heteroatoms. The lowest BCUT2D eigenvalue weighted by molar-refractivity contribution is 0.166. The summed E-state index contributed by atoms with van der Waals surface area (Å²) >= 11 is 1.23. The molecule has 0 aliphatic rings. The van der Waals surface area contributed by atoms with Crippen LogP contribution in [0.2, 0.25) is 0 Å². The molecule has 0 saturated heterocycles. The van der Waals surface area contributed by atoms with E-state index in [-0.39, 0.29) is 5.57 Å². The molecule has 0 aliphatic carbocycles. The zero-order chi connectivity index (χ0) is 14.1. The number of ether oxygens (including phenoxy) is 1. The summed E-state index contributed by atoms with van der Waals surface area (Å²) in [4.78, 5) is 0. The molecule has 1 unspecified atom stereocenters. The van der Waals surface area contributed by atoms with Gasteiger partial charge in [-0.2, -0.15) is 5.26 Å². The molecule has 4 N–H and O–H groups in total. The standard InChI is InChI=1S/C13H17N3O2S/c1-19-12(15)11(9-14)13(17)16-7-8-18-10-5-3-2-4-6-10/h2-6,13,16-17H,7-8,15H2,1H3/b12-11+. The van der Waals surface area contributed by atoms with Gasteiger partial charge in [-0.3, -0.25) is 5.32 Å². The Morgan fingerprint density at radius 1 is 1.53 bits per heavy atom. The molecule has 0 aliphatic heterocycles. The van der Waals surface area contributed by atoms with Gasteiger partial charge < -0.3 is 15.6 Å². The van der Waals surface area contributed by atoms with Gasteiger partial charge in [0.05, 0.1) is 5.03 Å². The van der Waals surface area contributed by atoms with E-state index in [4.69, 9.17) is 15.7 Å². The van der Waals surface area contributed by atoms with E-state index in [0.717, 1.165) is 5.75 Å². The maximum Gasteiger partial charge on any atom is 0.143 e. The van der Waals surface area contributed by atoms with E-state index in [9.17, 15) is 5.11 Å². The number of thioether (sulfide) groups is 1. The van der Waals surface area contributed by atoms with Gasteiger partial charge in [-0.05, 0) is 18.4 Å². The Labute approximate surface area is 117 Å². The van der Waals surface area contributed by atoms with E-state index in [0.29, 0.717) is 18.2 Å². The summed E-state index contributed by atoms with van der Waals surface area (Å²) in [6, 6.07) is 11.3. The number of aliphatic hydroxyl groups excluding tert-OH is 1. The minimum Gasteiger partial charge on any atom is -0.492 e. The topological polar surface area (TPSA) is 91.3 Å². The predicted octanol–water partition coefficient (Wildman–Crippen LogP) is 1.03. The van der Waals surface area contributed by atoms with Crippen molar-refractivity contribution in [3.05, 3.63) is 40.9 Å². The Morgan fingerprint density at radius 2 is 2.21 bits per heavy atom. The second-order valence-corrected chi connectivity index (χ2v) is 4.46. The summed E-state index contributed by atoms with van der Waals surface area (Å²) in [5.41, 5.74) is 5.74. The van der Waals surface area contributed by atoms with Crippen LogP contribution in [0.25, 0.3) is 0 Å². The Bertz CT molecular complexity index is 457. The molecule has 1 rings (SSSR count). The SMILES string of the molecule is CS/C(N)=C(\C#N)C(O)NCCOc1ccccc1. The second kappa shape index (κ2) is 8.43. The fourth-order valence-electron chi connectivity index (χ4n) is 1.34. The Balaban J connectivity index is 2.35. The van der Waals surface area contributed by atoms with Gasteiger partial charge in [-0.15, -0.1) is 11.8 Å². The van der Waals surface area contributed by atoms with E-state index >= 15 is 0 Å². The van der Waals surface area contributed by atoms with Gasteiger partial charge >= 0.3 is 0 Å². The van der Waals surface area contributed by atoms with Crippen LogP contribution in [-0.4, -0.2) is 30.7 Å². The number of para-hydroxylation sites is 1. The highest BCUT2D eigenvalue weighted by atomic mass is 32.2. The van der Waals surface area contributed by atoms with Gasteiger partial charge in [0.1, 0.15) is 30.2 Å². The number of hydrogen-bond donors (Lipinski definition) is 3. The van der Waals surface area contributed by atoms with Crippen molar-refractivity contribution in [2.75, 3.05) is 19.4 Å². The van der Waals surface area contributed by atoms with Gasteiger partial charge in [0.25, 0.3) is 0 Å². The minimum absolute atomic E-state index is 0.132. The molecular formula is C13H17N3O2S. The zero-order valence-corrected chi connectivity index (χ0v) is 11.5. The third-order valence-corrected chi connectivity index (χ3v) is 2.99. The largest absolute Gasteiger partial charge is 0.492 e. The highest BCUT2D eigenvalue weighted by Gasteiger charge is 2.13. The molecule has 0 amide bonds. The van der Waals surface area contributed by atoms with Crippen molar-refractivity contribution in [2.45, 2.75) is 6.23 Å². The van der Waals surface area contributed by atoms with Crippen LogP contribution in [0.4, 0.5) is 0 Å². The number of hydrogen-bond acceptors (Lipinski definition) is 6. The summed E-state index contributed by atoms with van der Waals surface area (Å²) in [5.74, 6) is 0.762. The number of nitrogens with two attached hydrogens (primary N) is 1. The van der Waals surface area contributed by atoms with Gasteiger partial charge in [-0.1, -0.05) is 18.2 Å². The average molecular weight is 279 g/mol. The predicted molar refractivity (Wildman–Crippen MR) is 76.3 cm³/mol. The maximum absolute atomic E-state index is 9.77. The summed E-state index contributed by atoms with van der Waals surface area (Å²) in [7, 11) is 0. The van der Waals surface area contributed by atoms with Crippen molar-refractivity contribution < 1.29 is 9.84 Å². The van der Waals surface area contributed by atoms with Crippen LogP contribution in [0.1, 0.15) is 0 Å². The average Bonchev–Trinajstić information content (AvgIpc) is 2.45. The Morgan fingerprint density at radius 3 is 2.79 bits per heavy atom. The summed E-state index contributed by atoms with van der Waals surface area (Å²) in [6.07, 6.45) is 0.676. The van der Waals surface area contributed by atoms with Crippen LogP contribution < -0.4 is 15.8 Å². The van der Waals surface area contributed by atoms with Crippen molar-refractivity contribution >= 4 is 11.8 Å². The minimum atomic E-state index is -1.07. The fourth-order valence-corrected chi connectivity index (χ4v) is 1.72. The number of benzene rings is 1. The molecule has 1 aromatic carbocycles. The molecular weight excluding hydrogens is 262 g/mol. The number of aliphatic hydroxyl groups is 1. The number of nitrogens with zero attached hydrogens (tertiary/aromatic N) is 1. The van der Waals surface area contributed by atoms with Crippen LogP contribution in [0.5, 0.6) is 5.75 Å². The van der Waals surface area contributed by atoms with Crippen molar-refractivity contribution in [1.82, 2.24) is 5.32 Å². The second-order valence-electron chi connectivity index (χ2n) is 3.61. The van der Waals surface area contributed by atoms with Crippen LogP contribution in [0, 0.1) is 11.3 Å². The summed E-state index contributed by atoms with van der Waals surface area (Å²) in [6.45, 7) is 0.794. The first kappa shape index (κ1) is 15.4. The maximum atomic E-state index is 9.77. The Kier molecular flexibility index (Phi) is 6.82. The molecule has 102 valence electrons. The van der Waals surface area contributed by atoms with Crippen molar-refractivity contribution in [1.29, 1.82) is 5.26 Å². The summed E-state index contributed by atoms with van der Waals surface area (Å²) < 4.78 is 5.45. The van der Waals surface area contributed by atoms with E-state index in [1.54, 1.807) is 6.26 Å². The summed E-state index contributed by atoms with van der Waals surface area (Å²) in [5, 5.41) is 21.8. The molecule has 0 saturated carbocycles. The molecule has 0 spiro atoms. The monoisotopic (exact) mass is 279 g/mol. The van der Waals surface area contributed by atoms with Crippen molar-refractivity contribution in [3.8, 4) is 11.8 Å². The smallest absolute Gasteiger partial charge is 0.143 e. The quantitative estimate of drug-likeness (QED) is 0.392. The fraction of sp³-hybridized carbons (Fsp3) is 0.308. The van der Waals surface area contributed by atoms with Crippen LogP contribution in [0.3, 0.4) is 0 Å². The molecule has 0 bridgehead atoms. The number of nitriles is 1. The van der Waals surface area contributed by atoms with Crippen LogP contribution >= 0.6 is 11.8 Å². The molecule has 5 nitrogen and oxygen atoms in total. The Hall–Kier alpha value is -1.68. The van der Waals surface area contributed by atoms with E-state index in [1.165, 1.54) is 11.8 Å². The van der Waals surface area contributed by atoms with Crippen molar-refractivity contribution in [3.63, 3.8) is 0 Å². The van der Waals surface area contributed by atoms with Gasteiger partial charge in [0.15, 0.2) is 0 Å². The highest BCUT2D eigenvalue weighted by Crippen LogP contribution is 2.12. The molecule has 0 radical (unpaired) electrons. The molecule has 1 atom stereocenters. The van der Waals surface area contributed by atoms with Crippen LogP contribution in [-0.2, 0) is 0 Å². The normalized spacial score (nSPS) is 13.3. The first-order chi connectivity index (χ1) is 9.19. The molecule has 0 heterocycles. The third kappa shape index (κ3) is 5.22. The first-order valence-corrected chi connectivity index (χ1v) is 6.94. The van der Waals surface area contributed by atoms with Crippen LogP contribution in [0.15, 0.2) is 40.9 Å². The molecule has 0 fully saturated rings. The van der Waals surface area contributed by atoms with E-state index < -0.39 is 6.23 Å². The van der Waals surface area contributed by atoms with Crippen molar-refractivity contribution in [2.24, 2.45) is 5.73 Å². The van der Waals surface area contributed by atoms with E-state index in [1.807, 2.05) is 36.4 Å². The van der Waals surface area contributed by atoms with Gasteiger partial charge in [0.2, 0.25) is 0 Å². The number of nitrogens with one attached hydrogen (secondary N) is 1. The molecule has 0 aromatic heterocycles. The van der Waals surface area contributed by atoms with Gasteiger partial charge in [-0.25, -0.2) is 0 Å². The zero-order valence-electron chi connectivity index (χ0n) is 10.7. The lowest BCUT2D eigenvalue weighted by Gasteiger charge is -2.13. The molecule has 1 aromatic rings. The lowest BCUT2D eigenvalue weighted by atomic mass is 10.3. The van der Waals surface area contributed by atoms with E-state index in [2.05, 4.69) is 5.32 Å². The lowest BCUT2D eigenvalue weighted by Crippen LogP contribution is -2.34. The highest BCUT2D eigenvalue weighted by molar-refractivity contribution is 8.02.